The predicted octanol–water partition coefficient (Wildman–Crippen LogP) is 3.97. The van der Waals surface area contributed by atoms with Crippen LogP contribution in [0.2, 0.25) is 0 Å². The van der Waals surface area contributed by atoms with Gasteiger partial charge in [0.15, 0.2) is 5.11 Å². The van der Waals surface area contributed by atoms with E-state index in [1.54, 1.807) is 49.8 Å². The molecule has 0 radical (unpaired) electrons. The first-order valence-electron chi connectivity index (χ1n) is 13.7. The fourth-order valence-corrected chi connectivity index (χ4v) is 5.63. The molecular formula is C30H34FN5O4S. The Labute approximate surface area is 244 Å². The molecule has 3 heterocycles. The van der Waals surface area contributed by atoms with Crippen LogP contribution < -0.4 is 15.0 Å². The van der Waals surface area contributed by atoms with Gasteiger partial charge in [-0.2, -0.15) is 0 Å². The molecule has 1 aromatic heterocycles. The zero-order chi connectivity index (χ0) is 28.8. The first-order chi connectivity index (χ1) is 19.9. The van der Waals surface area contributed by atoms with Crippen LogP contribution in [0, 0.1) is 5.82 Å². The average Bonchev–Trinajstić information content (AvgIpc) is 3.58. The molecule has 1 atom stereocenters. The minimum Gasteiger partial charge on any atom is -0.497 e. The maximum absolute atomic E-state index is 13.5. The van der Waals surface area contributed by atoms with Crippen molar-refractivity contribution in [1.29, 1.82) is 0 Å². The average molecular weight is 580 g/mol. The number of nitrogens with one attached hydrogen (secondary N) is 1. The van der Waals surface area contributed by atoms with E-state index in [1.807, 2.05) is 17.0 Å². The number of halogens is 1. The van der Waals surface area contributed by atoms with E-state index in [2.05, 4.69) is 15.1 Å². The Hall–Kier alpha value is -3.96. The Kier molecular flexibility index (Phi) is 9.15. The number of rotatable bonds is 11. The van der Waals surface area contributed by atoms with Crippen LogP contribution >= 0.6 is 12.2 Å². The van der Waals surface area contributed by atoms with Gasteiger partial charge in [-0.15, -0.1) is 0 Å². The molecule has 0 spiro atoms. The lowest BCUT2D eigenvalue weighted by Gasteiger charge is -2.36. The van der Waals surface area contributed by atoms with Crippen molar-refractivity contribution in [3.8, 4) is 5.75 Å². The number of hydrogen-bond acceptors (Lipinski definition) is 7. The van der Waals surface area contributed by atoms with E-state index >= 15 is 0 Å². The van der Waals surface area contributed by atoms with Gasteiger partial charge in [0, 0.05) is 44.1 Å². The molecule has 41 heavy (non-hydrogen) atoms. The summed E-state index contributed by atoms with van der Waals surface area (Å²) in [6, 6.07) is 16.5. The van der Waals surface area contributed by atoms with E-state index in [0.717, 1.165) is 44.8 Å². The quantitative estimate of drug-likeness (QED) is 0.342. The van der Waals surface area contributed by atoms with Gasteiger partial charge in [-0.1, -0.05) is 0 Å². The van der Waals surface area contributed by atoms with Crippen molar-refractivity contribution in [3.63, 3.8) is 0 Å². The van der Waals surface area contributed by atoms with Crippen molar-refractivity contribution in [1.82, 2.24) is 14.7 Å². The lowest BCUT2D eigenvalue weighted by atomic mass is 10.1. The van der Waals surface area contributed by atoms with Crippen molar-refractivity contribution >= 4 is 40.5 Å². The summed E-state index contributed by atoms with van der Waals surface area (Å²) in [6.45, 7) is 5.11. The lowest BCUT2D eigenvalue weighted by Crippen LogP contribution is -2.47. The van der Waals surface area contributed by atoms with Crippen LogP contribution in [0.15, 0.2) is 71.3 Å². The smallest absolute Gasteiger partial charge is 0.252 e. The minimum atomic E-state index is -0.689. The minimum absolute atomic E-state index is 0.0179. The van der Waals surface area contributed by atoms with E-state index in [1.165, 1.54) is 17.0 Å². The fourth-order valence-electron chi connectivity index (χ4n) is 5.26. The number of carbonyl (C=O) groups is 2. The number of ether oxygens (including phenoxy) is 1. The van der Waals surface area contributed by atoms with Crippen molar-refractivity contribution in [2.24, 2.45) is 0 Å². The Balaban J connectivity index is 1.18. The highest BCUT2D eigenvalue weighted by Crippen LogP contribution is 2.25. The van der Waals surface area contributed by atoms with Gasteiger partial charge in [-0.3, -0.25) is 19.4 Å². The van der Waals surface area contributed by atoms with Gasteiger partial charge in [0.05, 0.1) is 26.3 Å². The third-order valence-electron chi connectivity index (χ3n) is 7.49. The number of amides is 2. The SMILES string of the molecule is COc1ccc(NC(=O)CC2C(=O)N(Cc3ccco3)C(=S)N2CCCN2CCN(c3ccc(F)cc3)CC2)cc1. The molecule has 0 aliphatic carbocycles. The number of anilines is 2. The molecule has 11 heteroatoms. The van der Waals surface area contributed by atoms with Crippen molar-refractivity contribution in [2.45, 2.75) is 25.4 Å². The third-order valence-corrected chi connectivity index (χ3v) is 7.94. The van der Waals surface area contributed by atoms with Crippen LogP contribution in [0.3, 0.4) is 0 Å². The van der Waals surface area contributed by atoms with Gasteiger partial charge in [0.2, 0.25) is 5.91 Å². The maximum atomic E-state index is 13.5. The molecule has 2 aromatic carbocycles. The Morgan fingerprint density at radius 2 is 1.78 bits per heavy atom. The summed E-state index contributed by atoms with van der Waals surface area (Å²) in [5.41, 5.74) is 1.65. The molecule has 2 saturated heterocycles. The zero-order valence-corrected chi connectivity index (χ0v) is 23.8. The van der Waals surface area contributed by atoms with E-state index in [0.29, 0.717) is 28.9 Å². The van der Waals surface area contributed by atoms with E-state index in [-0.39, 0.29) is 30.6 Å². The van der Waals surface area contributed by atoms with E-state index < -0.39 is 6.04 Å². The topological polar surface area (TPSA) is 81.5 Å². The van der Waals surface area contributed by atoms with Crippen LogP contribution in [0.1, 0.15) is 18.6 Å². The summed E-state index contributed by atoms with van der Waals surface area (Å²) in [5, 5.41) is 3.29. The van der Waals surface area contributed by atoms with Crippen molar-refractivity contribution in [2.75, 3.05) is 56.6 Å². The molecule has 216 valence electrons. The summed E-state index contributed by atoms with van der Waals surface area (Å²) in [5.74, 6) is 0.617. The number of carbonyl (C=O) groups excluding carboxylic acids is 2. The molecule has 1 unspecified atom stereocenters. The molecule has 2 aliphatic rings. The van der Waals surface area contributed by atoms with Crippen molar-refractivity contribution in [3.05, 3.63) is 78.5 Å². The Morgan fingerprint density at radius 3 is 2.44 bits per heavy atom. The van der Waals surface area contributed by atoms with Gasteiger partial charge < -0.3 is 24.3 Å². The standard InChI is InChI=1S/C30H34FN5O4S/c1-39-25-11-7-23(8-12-25)32-28(37)20-27-29(38)36(21-26-4-2-19-40-26)30(41)35(27)14-3-13-33-15-17-34(18-16-33)24-9-5-22(31)6-10-24/h2,4-12,19,27H,3,13-18,20-21H2,1H3,(H,32,37). The molecule has 1 N–H and O–H groups in total. The summed E-state index contributed by atoms with van der Waals surface area (Å²) in [7, 11) is 1.58. The highest BCUT2D eigenvalue weighted by atomic mass is 32.1. The summed E-state index contributed by atoms with van der Waals surface area (Å²) < 4.78 is 23.9. The zero-order valence-electron chi connectivity index (χ0n) is 23.0. The molecule has 2 fully saturated rings. The van der Waals surface area contributed by atoms with Gasteiger partial charge >= 0.3 is 0 Å². The highest BCUT2D eigenvalue weighted by Gasteiger charge is 2.43. The second-order valence-corrected chi connectivity index (χ2v) is 10.5. The molecule has 3 aromatic rings. The molecular weight excluding hydrogens is 545 g/mol. The second-order valence-electron chi connectivity index (χ2n) is 10.1. The summed E-state index contributed by atoms with van der Waals surface area (Å²) in [4.78, 5) is 34.5. The number of thiocarbonyl (C=S) groups is 1. The van der Waals surface area contributed by atoms with E-state index in [4.69, 9.17) is 21.4 Å². The number of hydrogen-bond donors (Lipinski definition) is 1. The highest BCUT2D eigenvalue weighted by molar-refractivity contribution is 7.80. The molecule has 0 bridgehead atoms. The molecule has 2 amide bonds. The van der Waals surface area contributed by atoms with Crippen LogP contribution in [-0.4, -0.2) is 84.0 Å². The number of methoxy groups -OCH3 is 1. The molecule has 0 saturated carbocycles. The normalized spacial score (nSPS) is 17.8. The van der Waals surface area contributed by atoms with Gasteiger partial charge in [0.1, 0.15) is 23.4 Å². The lowest BCUT2D eigenvalue weighted by molar-refractivity contribution is -0.131. The number of benzene rings is 2. The number of piperazine rings is 1. The van der Waals surface area contributed by atoms with Crippen LogP contribution in [0.5, 0.6) is 5.75 Å². The van der Waals surface area contributed by atoms with Gasteiger partial charge in [-0.25, -0.2) is 4.39 Å². The summed E-state index contributed by atoms with van der Waals surface area (Å²) in [6.07, 6.45) is 2.33. The van der Waals surface area contributed by atoms with Crippen LogP contribution in [-0.2, 0) is 16.1 Å². The predicted molar refractivity (Wildman–Crippen MR) is 158 cm³/mol. The van der Waals surface area contributed by atoms with Crippen LogP contribution in [0.25, 0.3) is 0 Å². The second kappa shape index (κ2) is 13.1. The first-order valence-corrected chi connectivity index (χ1v) is 14.1. The van der Waals surface area contributed by atoms with E-state index in [9.17, 15) is 14.0 Å². The largest absolute Gasteiger partial charge is 0.497 e. The summed E-state index contributed by atoms with van der Waals surface area (Å²) >= 11 is 5.74. The monoisotopic (exact) mass is 579 g/mol. The number of furan rings is 1. The van der Waals surface area contributed by atoms with Gasteiger partial charge in [0.25, 0.3) is 5.91 Å². The van der Waals surface area contributed by atoms with Crippen LogP contribution in [0.4, 0.5) is 15.8 Å². The Bertz CT molecular complexity index is 1330. The first kappa shape index (κ1) is 28.6. The molecule has 2 aliphatic heterocycles. The number of nitrogens with zero attached hydrogens (tertiary/aromatic N) is 4. The van der Waals surface area contributed by atoms with Crippen molar-refractivity contribution < 1.29 is 23.1 Å². The fraction of sp³-hybridized carbons (Fsp3) is 0.367. The molecule has 9 nitrogen and oxygen atoms in total. The van der Waals surface area contributed by atoms with Gasteiger partial charge in [-0.05, 0) is 85.8 Å². The molecule has 5 rings (SSSR count). The Morgan fingerprint density at radius 1 is 1.05 bits per heavy atom. The maximum Gasteiger partial charge on any atom is 0.252 e. The third kappa shape index (κ3) is 7.04.